The summed E-state index contributed by atoms with van der Waals surface area (Å²) in [6, 6.07) is 90.4. The first-order valence-corrected chi connectivity index (χ1v) is 38.7. The molecule has 0 amide bonds. The molecule has 0 aromatic heterocycles. The Kier molecular flexibility index (Phi) is 31.9. The highest BCUT2D eigenvalue weighted by Crippen LogP contribution is 2.36. The second kappa shape index (κ2) is 45.5. The lowest BCUT2D eigenvalue weighted by molar-refractivity contribution is -0.212. The van der Waals surface area contributed by atoms with Crippen LogP contribution in [-0.4, -0.2) is 112 Å². The van der Waals surface area contributed by atoms with Crippen LogP contribution < -0.4 is 0 Å². The lowest BCUT2D eigenvalue weighted by Gasteiger charge is -2.36. The van der Waals surface area contributed by atoms with E-state index in [-0.39, 0.29) is 33.4 Å². The Balaban J connectivity index is 0.850. The summed E-state index contributed by atoms with van der Waals surface area (Å²) in [7, 11) is 0. The predicted molar refractivity (Wildman–Crippen MR) is 442 cm³/mol. The third-order valence-corrected chi connectivity index (χ3v) is 19.3. The molecule has 0 radical (unpaired) electrons. The molecule has 0 N–H and O–H groups in total. The molecule has 12 aromatic carbocycles. The lowest BCUT2D eigenvalue weighted by Crippen LogP contribution is -2.41. The average molecular weight is 1710 g/mol. The van der Waals surface area contributed by atoms with Gasteiger partial charge in [-0.25, -0.2) is 87.4 Å². The van der Waals surface area contributed by atoms with Crippen LogP contribution in [0.4, 0.5) is 28.8 Å². The minimum Gasteiger partial charge on any atom is -0.432 e. The van der Waals surface area contributed by atoms with Crippen LogP contribution in [0, 0.1) is 23.7 Å². The summed E-state index contributed by atoms with van der Waals surface area (Å²) < 4.78 is 33.3. The first-order valence-electron chi connectivity index (χ1n) is 38.7. The molecule has 0 saturated carbocycles. The van der Waals surface area contributed by atoms with Crippen LogP contribution in [0.2, 0.25) is 0 Å². The van der Waals surface area contributed by atoms with Crippen molar-refractivity contribution in [3.8, 4) is 66.8 Å². The van der Waals surface area contributed by atoms with Crippen LogP contribution in [0.25, 0.3) is 66.8 Å². The molecule has 30 heteroatoms. The van der Waals surface area contributed by atoms with Crippen LogP contribution in [0.1, 0.15) is 75.0 Å². The highest BCUT2D eigenvalue weighted by atomic mass is 17.3. The first kappa shape index (κ1) is 88.4. The zero-order valence-corrected chi connectivity index (χ0v) is 66.4. The summed E-state index contributed by atoms with van der Waals surface area (Å²) in [5, 5.41) is 0. The Hall–Kier alpha value is -16.9. The van der Waals surface area contributed by atoms with E-state index in [1.807, 2.05) is 158 Å². The molecule has 4 unspecified atom stereocenters. The van der Waals surface area contributed by atoms with Crippen molar-refractivity contribution in [1.82, 2.24) is 0 Å². The van der Waals surface area contributed by atoms with Gasteiger partial charge in [-0.15, -0.1) is 0 Å². The summed E-state index contributed by atoms with van der Waals surface area (Å²) in [5.74, 6) is -13.8. The van der Waals surface area contributed by atoms with Crippen molar-refractivity contribution in [1.29, 1.82) is 0 Å². The van der Waals surface area contributed by atoms with E-state index in [0.717, 1.165) is 44.5 Å². The van der Waals surface area contributed by atoms with Crippen LogP contribution in [0.5, 0.6) is 0 Å². The normalized spacial score (nSPS) is 11.5. The summed E-state index contributed by atoms with van der Waals surface area (Å²) in [6.45, 7) is -6.03. The first-order chi connectivity index (χ1) is 61.4. The topological polar surface area (TPSA) is 371 Å². The molecule has 0 aliphatic heterocycles. The fraction of sp³-hybridized carbons (Fsp3) is 0.125. The third-order valence-electron chi connectivity index (χ3n) is 19.3. The highest BCUT2D eigenvalue weighted by Gasteiger charge is 2.40. The third kappa shape index (κ3) is 26.5. The molecule has 0 saturated heterocycles. The standard InChI is InChI=1S/C96H74O30/c97-85(75-43-31-69(32-44-75)63-19-7-1-8-20-63)115-121-91(103)109-57-55-81(59-111-93(105)123-117-87(99)77-47-35-71(36-48-77)65-23-11-3-12-24-65)83(61-113-95(107)125-119-89(101)79-51-39-73(40-52-79)67-27-15-5-16-28-67)84(62-114-96(108)126-120-90(102)80-53-41-74(42-54-80)68-29-17-6-18-30-68)82(60-112-94(106)124-118-88(100)78-49-37-72(38-50-78)66-25-13-4-14-26-66)56-58-110-92(104)122-116-86(98)76-45-33-70(34-46-76)64-21-9-2-10-22-64/h1-54,81-84H,55-62H2. The van der Waals surface area contributed by atoms with Crippen LogP contribution in [0.3, 0.4) is 0 Å². The van der Waals surface area contributed by atoms with E-state index in [4.69, 9.17) is 87.1 Å². The largest absolute Gasteiger partial charge is 0.549 e. The number of carbonyl (C=O) groups is 12. The maximum absolute atomic E-state index is 14.1. The highest BCUT2D eigenvalue weighted by molar-refractivity contribution is 5.94. The number of carbonyl (C=O) groups excluding carboxylic acids is 12. The Morgan fingerprint density at radius 2 is 0.317 bits per heavy atom. The molecule has 638 valence electrons. The number of ether oxygens (including phenoxy) is 6. The molecule has 0 bridgehead atoms. The van der Waals surface area contributed by atoms with Gasteiger partial charge >= 0.3 is 72.7 Å². The molecule has 12 rings (SSSR count). The van der Waals surface area contributed by atoms with E-state index in [2.05, 4.69) is 0 Å². The van der Waals surface area contributed by atoms with E-state index >= 15 is 0 Å². The molecular weight excluding hydrogens is 1630 g/mol. The smallest absolute Gasteiger partial charge is 0.432 e. The van der Waals surface area contributed by atoms with Crippen molar-refractivity contribution in [2.45, 2.75) is 12.8 Å². The zero-order valence-electron chi connectivity index (χ0n) is 66.4. The Bertz CT molecular complexity index is 5300. The van der Waals surface area contributed by atoms with Gasteiger partial charge in [0.1, 0.15) is 0 Å². The fourth-order valence-corrected chi connectivity index (χ4v) is 12.8. The quantitative estimate of drug-likeness (QED) is 0.0182. The van der Waals surface area contributed by atoms with E-state index in [0.29, 0.717) is 22.3 Å². The van der Waals surface area contributed by atoms with Crippen LogP contribution >= 0.6 is 0 Å². The van der Waals surface area contributed by atoms with E-state index < -0.39 is 149 Å². The molecule has 126 heavy (non-hydrogen) atoms. The van der Waals surface area contributed by atoms with Crippen molar-refractivity contribution in [2.24, 2.45) is 23.7 Å². The van der Waals surface area contributed by atoms with Gasteiger partial charge in [-0.2, -0.15) is 28.8 Å². The van der Waals surface area contributed by atoms with Gasteiger partial charge in [-0.1, -0.05) is 255 Å². The molecule has 4 atom stereocenters. The van der Waals surface area contributed by atoms with Gasteiger partial charge in [-0.05, 0) is 152 Å². The van der Waals surface area contributed by atoms with Crippen molar-refractivity contribution < 1.29 is 145 Å². The maximum atomic E-state index is 14.1. The second-order valence-electron chi connectivity index (χ2n) is 27.3. The van der Waals surface area contributed by atoms with E-state index in [1.54, 1.807) is 97.1 Å². The van der Waals surface area contributed by atoms with Crippen LogP contribution in [0.15, 0.2) is 328 Å². The fourth-order valence-electron chi connectivity index (χ4n) is 12.8. The molecule has 0 aliphatic carbocycles. The van der Waals surface area contributed by atoms with Gasteiger partial charge in [0.15, 0.2) is 0 Å². The Morgan fingerprint density at radius 1 is 0.167 bits per heavy atom. The van der Waals surface area contributed by atoms with Gasteiger partial charge in [0, 0.05) is 23.7 Å². The van der Waals surface area contributed by atoms with Crippen LogP contribution in [-0.2, 0) is 87.1 Å². The van der Waals surface area contributed by atoms with Gasteiger partial charge < -0.3 is 28.4 Å². The second-order valence-corrected chi connectivity index (χ2v) is 27.3. The number of rotatable bonds is 29. The zero-order chi connectivity index (χ0) is 88.2. The maximum Gasteiger partial charge on any atom is 0.549 e. The molecule has 30 nitrogen and oxygen atoms in total. The minimum absolute atomic E-state index is 0.0689. The predicted octanol–water partition coefficient (Wildman–Crippen LogP) is 19.8. The summed E-state index contributed by atoms with van der Waals surface area (Å²) >= 11 is 0. The number of benzene rings is 12. The number of hydrogen-bond donors (Lipinski definition) is 0. The minimum atomic E-state index is -1.78. The van der Waals surface area contributed by atoms with Gasteiger partial charge in [-0.3, -0.25) is 0 Å². The molecule has 0 heterocycles. The molecule has 0 spiro atoms. The average Bonchev–Trinajstić information content (AvgIpc) is 0.786. The molecular formula is C96H74O30. The van der Waals surface area contributed by atoms with Crippen molar-refractivity contribution >= 4 is 72.7 Å². The monoisotopic (exact) mass is 1710 g/mol. The Morgan fingerprint density at radius 3 is 0.492 bits per heavy atom. The molecule has 12 aromatic rings. The molecule has 0 fully saturated rings. The van der Waals surface area contributed by atoms with Gasteiger partial charge in [0.25, 0.3) is 0 Å². The van der Waals surface area contributed by atoms with E-state index in [9.17, 15) is 57.5 Å². The Labute approximate surface area is 717 Å². The number of hydrogen-bond acceptors (Lipinski definition) is 30. The van der Waals surface area contributed by atoms with E-state index in [1.165, 1.54) is 72.8 Å². The molecule has 0 aliphatic rings. The van der Waals surface area contributed by atoms with Gasteiger partial charge in [0.05, 0.1) is 73.0 Å². The summed E-state index contributed by atoms with van der Waals surface area (Å²) in [6.07, 6.45) is -11.7. The SMILES string of the molecule is O=C(OCCC(COC(=O)OOC(=O)c1ccc(-c2ccccc2)cc1)C(COC(=O)OOC(=O)c1ccc(-c2ccccc2)cc1)C(COC(=O)OOC(=O)c1ccc(-c2ccccc2)cc1)C(CCOC(=O)OOC(=O)c1ccc(-c2ccccc2)cc1)COC(=O)OOC(=O)c1ccc(-c2ccccc2)cc1)OOC(=O)c1ccc(-c2ccccc2)cc1. The summed E-state index contributed by atoms with van der Waals surface area (Å²) in [4.78, 5) is 222. The van der Waals surface area contributed by atoms with Crippen molar-refractivity contribution in [3.05, 3.63) is 361 Å². The summed E-state index contributed by atoms with van der Waals surface area (Å²) in [5.41, 5.74) is 8.49. The van der Waals surface area contributed by atoms with Crippen molar-refractivity contribution in [2.75, 3.05) is 39.6 Å². The van der Waals surface area contributed by atoms with Crippen molar-refractivity contribution in [3.63, 3.8) is 0 Å². The lowest BCUT2D eigenvalue weighted by atomic mass is 9.74. The van der Waals surface area contributed by atoms with Gasteiger partial charge in [0.2, 0.25) is 0 Å².